The molecule has 0 radical (unpaired) electrons. The Bertz CT molecular complexity index is 1750. The van der Waals surface area contributed by atoms with Crippen molar-refractivity contribution in [1.29, 1.82) is 0 Å². The molecule has 10 rings (SSSR count). The van der Waals surface area contributed by atoms with Gasteiger partial charge in [-0.15, -0.1) is 0 Å². The minimum atomic E-state index is -0.0579. The largest absolute Gasteiger partial charge is 0.332 e. The predicted molar refractivity (Wildman–Crippen MR) is 230 cm³/mol. The van der Waals surface area contributed by atoms with Crippen LogP contribution in [0.3, 0.4) is 0 Å². The van der Waals surface area contributed by atoms with Crippen LogP contribution in [0.2, 0.25) is 0 Å². The Morgan fingerprint density at radius 3 is 1.76 bits per heavy atom. The molecule has 0 spiro atoms. The van der Waals surface area contributed by atoms with Gasteiger partial charge in [0.05, 0.1) is 0 Å². The Labute approximate surface area is 348 Å². The molecule has 10 heteroatoms. The topological polar surface area (TPSA) is 98.7 Å². The number of hydrogen-bond acceptors (Lipinski definition) is 10. The summed E-state index contributed by atoms with van der Waals surface area (Å²) in [5.74, 6) is 5.56. The summed E-state index contributed by atoms with van der Waals surface area (Å²) in [4.78, 5) is 57.1. The van der Waals surface area contributed by atoms with E-state index < -0.39 is 0 Å². The molecule has 0 aromatic carbocycles. The molecule has 10 unspecified atom stereocenters. The molecule has 6 bridgehead atoms. The average Bonchev–Trinajstić information content (AvgIpc) is 3.65. The van der Waals surface area contributed by atoms with E-state index in [1.165, 1.54) is 49.7 Å². The van der Waals surface area contributed by atoms with Crippen LogP contribution in [0.15, 0.2) is 24.8 Å². The van der Waals surface area contributed by atoms with Gasteiger partial charge >= 0.3 is 0 Å². The van der Waals surface area contributed by atoms with Crippen LogP contribution in [0.1, 0.15) is 155 Å². The minimum absolute atomic E-state index is 0.0522. The quantitative estimate of drug-likeness (QED) is 0.210. The summed E-state index contributed by atoms with van der Waals surface area (Å²) in [7, 11) is 0. The fourth-order valence-corrected chi connectivity index (χ4v) is 13.7. The molecular formula is C48H72N8O2. The summed E-state index contributed by atoms with van der Waals surface area (Å²) in [6.07, 6.45) is 22.4. The van der Waals surface area contributed by atoms with Crippen molar-refractivity contribution in [2.24, 2.45) is 35.5 Å². The molecule has 58 heavy (non-hydrogen) atoms. The first kappa shape index (κ1) is 40.4. The number of rotatable bonds is 12. The Hall–Kier alpha value is -2.98. The number of ketones is 2. The highest BCUT2D eigenvalue weighted by atomic mass is 16.1. The number of likely N-dealkylation sites (tertiary alicyclic amines) is 2. The smallest absolute Gasteiger partial charge is 0.225 e. The first-order valence-electron chi connectivity index (χ1n) is 23.6. The maximum absolute atomic E-state index is 14.3. The molecule has 0 amide bonds. The van der Waals surface area contributed by atoms with Gasteiger partial charge in [0.15, 0.2) is 0 Å². The number of fused-ring (bicyclic) bond motifs is 7. The SMILES string of the molecule is CCC(=O)C1CCC(c2cnc(N3C4CCC3CN(C(C)(C)CC(C)C(=O)[C@@H]3CC5CCC3C[C@@H]5c3cnc(N5C6CCC5CN(C(C)C)C6)nc3)C4)nc2)CC1C. The van der Waals surface area contributed by atoms with Gasteiger partial charge in [0.2, 0.25) is 11.9 Å². The van der Waals surface area contributed by atoms with Crippen LogP contribution < -0.4 is 9.80 Å². The zero-order valence-electron chi connectivity index (χ0n) is 36.7. The first-order valence-corrected chi connectivity index (χ1v) is 23.6. The van der Waals surface area contributed by atoms with Gasteiger partial charge in [-0.3, -0.25) is 19.4 Å². The summed E-state index contributed by atoms with van der Waals surface area (Å²) in [5.41, 5.74) is 2.46. The minimum Gasteiger partial charge on any atom is -0.332 e. The van der Waals surface area contributed by atoms with Crippen LogP contribution in [0.25, 0.3) is 0 Å². The second-order valence-corrected chi connectivity index (χ2v) is 21.2. The highest BCUT2D eigenvalue weighted by Gasteiger charge is 2.49. The fraction of sp³-hybridized carbons (Fsp3) is 0.792. The monoisotopic (exact) mass is 793 g/mol. The second-order valence-electron chi connectivity index (χ2n) is 21.2. The molecule has 2 aromatic heterocycles. The number of Topliss-reactive ketones (excluding diaryl/α,β-unsaturated/α-hetero) is 2. The Morgan fingerprint density at radius 1 is 0.690 bits per heavy atom. The van der Waals surface area contributed by atoms with Crippen molar-refractivity contribution >= 4 is 23.5 Å². The van der Waals surface area contributed by atoms with E-state index in [4.69, 9.17) is 19.9 Å². The molecule has 8 aliphatic rings. The number of carbonyl (C=O) groups excluding carboxylic acids is 2. The number of nitrogens with zero attached hydrogens (tertiary/aromatic N) is 8. The number of anilines is 2. The zero-order chi connectivity index (χ0) is 40.5. The van der Waals surface area contributed by atoms with E-state index in [-0.39, 0.29) is 23.3 Å². The lowest BCUT2D eigenvalue weighted by Gasteiger charge is -2.50. The van der Waals surface area contributed by atoms with Crippen LogP contribution in [-0.4, -0.2) is 103 Å². The third-order valence-electron chi connectivity index (χ3n) is 17.0. The van der Waals surface area contributed by atoms with E-state index in [0.29, 0.717) is 77.8 Å². The lowest BCUT2D eigenvalue weighted by Crippen LogP contribution is -2.60. The molecular weight excluding hydrogens is 721 g/mol. The summed E-state index contributed by atoms with van der Waals surface area (Å²) < 4.78 is 0. The highest BCUT2D eigenvalue weighted by Crippen LogP contribution is 2.53. The molecule has 12 atom stereocenters. The van der Waals surface area contributed by atoms with Gasteiger partial charge in [0.1, 0.15) is 11.6 Å². The second kappa shape index (κ2) is 16.1. The number of aromatic nitrogens is 4. The van der Waals surface area contributed by atoms with Crippen molar-refractivity contribution in [3.8, 4) is 0 Å². The van der Waals surface area contributed by atoms with E-state index in [0.717, 1.165) is 76.6 Å². The summed E-state index contributed by atoms with van der Waals surface area (Å²) >= 11 is 0. The Morgan fingerprint density at radius 2 is 1.24 bits per heavy atom. The van der Waals surface area contributed by atoms with E-state index >= 15 is 0 Å². The van der Waals surface area contributed by atoms with Crippen LogP contribution in [0, 0.1) is 35.5 Å². The van der Waals surface area contributed by atoms with Gasteiger partial charge < -0.3 is 9.80 Å². The van der Waals surface area contributed by atoms with Crippen LogP contribution in [0.5, 0.6) is 0 Å². The normalized spacial score (nSPS) is 35.8. The molecule has 0 N–H and O–H groups in total. The van der Waals surface area contributed by atoms with Gasteiger partial charge in [-0.2, -0.15) is 0 Å². The summed E-state index contributed by atoms with van der Waals surface area (Å²) in [6, 6.07) is 2.45. The maximum atomic E-state index is 14.3. The van der Waals surface area contributed by atoms with Crippen molar-refractivity contribution in [2.45, 2.75) is 180 Å². The molecule has 4 aliphatic heterocycles. The molecule has 4 saturated heterocycles. The van der Waals surface area contributed by atoms with E-state index in [1.54, 1.807) is 0 Å². The highest BCUT2D eigenvalue weighted by molar-refractivity contribution is 5.84. The molecule has 2 aromatic rings. The van der Waals surface area contributed by atoms with Crippen molar-refractivity contribution in [3.63, 3.8) is 0 Å². The lowest BCUT2D eigenvalue weighted by molar-refractivity contribution is -0.133. The lowest BCUT2D eigenvalue weighted by atomic mass is 9.57. The van der Waals surface area contributed by atoms with E-state index in [1.807, 2.05) is 6.92 Å². The molecule has 10 nitrogen and oxygen atoms in total. The van der Waals surface area contributed by atoms with Crippen molar-refractivity contribution < 1.29 is 9.59 Å². The third kappa shape index (κ3) is 7.53. The van der Waals surface area contributed by atoms with Gasteiger partial charge in [-0.25, -0.2) is 19.9 Å². The predicted octanol–water partition coefficient (Wildman–Crippen LogP) is 8.07. The van der Waals surface area contributed by atoms with Crippen LogP contribution >= 0.6 is 0 Å². The van der Waals surface area contributed by atoms with Crippen LogP contribution in [-0.2, 0) is 9.59 Å². The van der Waals surface area contributed by atoms with Gasteiger partial charge in [-0.05, 0) is 145 Å². The summed E-state index contributed by atoms with van der Waals surface area (Å²) in [6.45, 7) is 20.1. The van der Waals surface area contributed by atoms with Gasteiger partial charge in [0.25, 0.3) is 0 Å². The molecule has 6 heterocycles. The third-order valence-corrected chi connectivity index (χ3v) is 17.0. The Kier molecular flexibility index (Phi) is 11.2. The van der Waals surface area contributed by atoms with Crippen molar-refractivity contribution in [2.75, 3.05) is 36.0 Å². The molecule has 8 fully saturated rings. The maximum Gasteiger partial charge on any atom is 0.225 e. The fourth-order valence-electron chi connectivity index (χ4n) is 13.7. The molecule has 316 valence electrons. The van der Waals surface area contributed by atoms with Crippen molar-refractivity contribution in [1.82, 2.24) is 29.7 Å². The van der Waals surface area contributed by atoms with Gasteiger partial charge in [-0.1, -0.05) is 20.8 Å². The standard InChI is InChI=1S/C48H72N8O2/c1-8-44(57)41-16-11-32(17-30(41)4)35-21-49-46(50-22-35)56-39-14-15-40(56)28-54(27-39)48(6,7)20-31(5)45(58)43-19-33-9-10-34(43)18-42(33)36-23-51-47(52-24-36)55-37-12-13-38(55)26-53(25-37)29(2)3/h21-24,29-34,37-43H,8-20,25-28H2,1-7H3/t30?,31?,32?,33?,34?,37?,38?,39?,40?,41?,42-,43+/m0/s1. The first-order chi connectivity index (χ1) is 27.9. The summed E-state index contributed by atoms with van der Waals surface area (Å²) in [5, 5.41) is 0. The Balaban J connectivity index is 0.779. The van der Waals surface area contributed by atoms with Crippen molar-refractivity contribution in [3.05, 3.63) is 35.9 Å². The van der Waals surface area contributed by atoms with Crippen LogP contribution in [0.4, 0.5) is 11.9 Å². The zero-order valence-corrected chi connectivity index (χ0v) is 36.7. The number of hydrogen-bond donors (Lipinski definition) is 0. The number of piperazine rings is 2. The van der Waals surface area contributed by atoms with E-state index in [9.17, 15) is 9.59 Å². The molecule has 4 saturated carbocycles. The van der Waals surface area contributed by atoms with E-state index in [2.05, 4.69) is 85.9 Å². The number of carbonyl (C=O) groups is 2. The van der Waals surface area contributed by atoms with Gasteiger partial charge in [0, 0.05) is 111 Å². The average molecular weight is 793 g/mol. The molecule has 4 aliphatic carbocycles.